The standard InChI is InChI=1S/C12H22N2O3/c1-3-14(2)11(15)8-13-7-9-5-4-6-10(9)12(16)17/h9-10,13H,3-8H2,1-2H3,(H,16,17). The molecule has 1 saturated carbocycles. The lowest BCUT2D eigenvalue weighted by atomic mass is 9.96. The fourth-order valence-corrected chi connectivity index (χ4v) is 2.28. The molecular weight excluding hydrogens is 220 g/mol. The summed E-state index contributed by atoms with van der Waals surface area (Å²) in [4.78, 5) is 24.1. The molecule has 0 spiro atoms. The molecule has 17 heavy (non-hydrogen) atoms. The van der Waals surface area contributed by atoms with E-state index in [4.69, 9.17) is 5.11 Å². The molecule has 1 aliphatic rings. The zero-order chi connectivity index (χ0) is 12.8. The van der Waals surface area contributed by atoms with Crippen molar-refractivity contribution < 1.29 is 14.7 Å². The van der Waals surface area contributed by atoms with Crippen LogP contribution in [0.4, 0.5) is 0 Å². The number of aliphatic carboxylic acids is 1. The first-order chi connectivity index (χ1) is 8.06. The molecule has 0 heterocycles. The number of hydrogen-bond donors (Lipinski definition) is 2. The van der Waals surface area contributed by atoms with Gasteiger partial charge >= 0.3 is 5.97 Å². The van der Waals surface area contributed by atoms with Crippen LogP contribution in [0.1, 0.15) is 26.2 Å². The molecule has 2 unspecified atom stereocenters. The first-order valence-corrected chi connectivity index (χ1v) is 6.23. The molecule has 2 N–H and O–H groups in total. The third kappa shape index (κ3) is 4.00. The highest BCUT2D eigenvalue weighted by molar-refractivity contribution is 5.77. The Morgan fingerprint density at radius 1 is 1.41 bits per heavy atom. The van der Waals surface area contributed by atoms with E-state index in [1.807, 2.05) is 6.92 Å². The molecule has 0 aliphatic heterocycles. The van der Waals surface area contributed by atoms with Gasteiger partial charge in [-0.05, 0) is 32.2 Å². The number of nitrogens with zero attached hydrogens (tertiary/aromatic N) is 1. The van der Waals surface area contributed by atoms with Crippen LogP contribution in [0.2, 0.25) is 0 Å². The Kier molecular flexibility index (Phi) is 5.41. The molecule has 5 heteroatoms. The van der Waals surface area contributed by atoms with Crippen molar-refractivity contribution in [2.75, 3.05) is 26.7 Å². The predicted molar refractivity (Wildman–Crippen MR) is 64.6 cm³/mol. The molecular formula is C12H22N2O3. The number of rotatable bonds is 6. The zero-order valence-corrected chi connectivity index (χ0v) is 10.6. The summed E-state index contributed by atoms with van der Waals surface area (Å²) in [5.41, 5.74) is 0. The van der Waals surface area contributed by atoms with Crippen LogP contribution in [-0.2, 0) is 9.59 Å². The maximum Gasteiger partial charge on any atom is 0.306 e. The van der Waals surface area contributed by atoms with Crippen molar-refractivity contribution >= 4 is 11.9 Å². The van der Waals surface area contributed by atoms with Crippen LogP contribution in [-0.4, -0.2) is 48.6 Å². The maximum atomic E-state index is 11.5. The van der Waals surface area contributed by atoms with Gasteiger partial charge in [0.25, 0.3) is 0 Å². The fraction of sp³-hybridized carbons (Fsp3) is 0.833. The van der Waals surface area contributed by atoms with Crippen LogP contribution in [0.5, 0.6) is 0 Å². The molecule has 1 fully saturated rings. The van der Waals surface area contributed by atoms with Gasteiger partial charge in [-0.25, -0.2) is 0 Å². The highest BCUT2D eigenvalue weighted by atomic mass is 16.4. The molecule has 0 radical (unpaired) electrons. The Bertz CT molecular complexity index is 281. The maximum absolute atomic E-state index is 11.5. The normalized spacial score (nSPS) is 23.6. The van der Waals surface area contributed by atoms with E-state index in [9.17, 15) is 9.59 Å². The summed E-state index contributed by atoms with van der Waals surface area (Å²) >= 11 is 0. The molecule has 0 bridgehead atoms. The van der Waals surface area contributed by atoms with Crippen molar-refractivity contribution in [3.8, 4) is 0 Å². The minimum Gasteiger partial charge on any atom is -0.481 e. The van der Waals surface area contributed by atoms with E-state index in [0.717, 1.165) is 19.3 Å². The molecule has 1 amide bonds. The van der Waals surface area contributed by atoms with Crippen molar-refractivity contribution in [3.63, 3.8) is 0 Å². The molecule has 0 aromatic heterocycles. The van der Waals surface area contributed by atoms with Gasteiger partial charge < -0.3 is 15.3 Å². The van der Waals surface area contributed by atoms with Crippen molar-refractivity contribution in [1.82, 2.24) is 10.2 Å². The summed E-state index contributed by atoms with van der Waals surface area (Å²) in [6, 6.07) is 0. The number of hydrogen-bond acceptors (Lipinski definition) is 3. The van der Waals surface area contributed by atoms with Gasteiger partial charge in [0.2, 0.25) is 5.91 Å². The Morgan fingerprint density at radius 2 is 2.12 bits per heavy atom. The smallest absolute Gasteiger partial charge is 0.306 e. The Balaban J connectivity index is 2.26. The number of nitrogens with one attached hydrogen (secondary N) is 1. The first kappa shape index (κ1) is 14.0. The number of carboxylic acid groups (broad SMARTS) is 1. The number of carbonyl (C=O) groups is 2. The van der Waals surface area contributed by atoms with Crippen LogP contribution >= 0.6 is 0 Å². The van der Waals surface area contributed by atoms with E-state index in [-0.39, 0.29) is 17.7 Å². The first-order valence-electron chi connectivity index (χ1n) is 6.23. The Labute approximate surface area is 102 Å². The molecule has 1 aliphatic carbocycles. The third-order valence-corrected chi connectivity index (χ3v) is 3.56. The highest BCUT2D eigenvalue weighted by Gasteiger charge is 2.32. The van der Waals surface area contributed by atoms with E-state index in [1.165, 1.54) is 0 Å². The Hall–Kier alpha value is -1.10. The number of likely N-dealkylation sites (N-methyl/N-ethyl adjacent to an activating group) is 1. The summed E-state index contributed by atoms with van der Waals surface area (Å²) in [7, 11) is 1.76. The van der Waals surface area contributed by atoms with E-state index in [2.05, 4.69) is 5.32 Å². The molecule has 0 aromatic rings. The van der Waals surface area contributed by atoms with Crippen LogP contribution < -0.4 is 5.32 Å². The van der Waals surface area contributed by atoms with Crippen LogP contribution in [0.15, 0.2) is 0 Å². The molecule has 5 nitrogen and oxygen atoms in total. The molecule has 2 atom stereocenters. The van der Waals surface area contributed by atoms with Crippen molar-refractivity contribution in [2.24, 2.45) is 11.8 Å². The third-order valence-electron chi connectivity index (χ3n) is 3.56. The van der Waals surface area contributed by atoms with Gasteiger partial charge in [-0.15, -0.1) is 0 Å². The van der Waals surface area contributed by atoms with Crippen molar-refractivity contribution in [1.29, 1.82) is 0 Å². The highest BCUT2D eigenvalue weighted by Crippen LogP contribution is 2.31. The molecule has 1 rings (SSSR count). The van der Waals surface area contributed by atoms with Gasteiger partial charge in [-0.3, -0.25) is 9.59 Å². The number of carboxylic acids is 1. The summed E-state index contributed by atoms with van der Waals surface area (Å²) < 4.78 is 0. The molecule has 0 saturated heterocycles. The van der Waals surface area contributed by atoms with Crippen LogP contribution in [0.25, 0.3) is 0 Å². The Morgan fingerprint density at radius 3 is 2.71 bits per heavy atom. The lowest BCUT2D eigenvalue weighted by Gasteiger charge is -2.18. The van der Waals surface area contributed by atoms with E-state index >= 15 is 0 Å². The summed E-state index contributed by atoms with van der Waals surface area (Å²) in [6.07, 6.45) is 2.69. The summed E-state index contributed by atoms with van der Waals surface area (Å²) in [5.74, 6) is -0.711. The van der Waals surface area contributed by atoms with E-state index in [1.54, 1.807) is 11.9 Å². The lowest BCUT2D eigenvalue weighted by Crippen LogP contribution is -2.38. The van der Waals surface area contributed by atoms with Crippen LogP contribution in [0.3, 0.4) is 0 Å². The predicted octanol–water partition coefficient (Wildman–Crippen LogP) is 0.555. The molecule has 0 aromatic carbocycles. The number of carbonyl (C=O) groups excluding carboxylic acids is 1. The fourth-order valence-electron chi connectivity index (χ4n) is 2.28. The monoisotopic (exact) mass is 242 g/mol. The van der Waals surface area contributed by atoms with Gasteiger partial charge in [-0.1, -0.05) is 6.42 Å². The minimum atomic E-state index is -0.702. The second-order valence-corrected chi connectivity index (χ2v) is 4.67. The lowest BCUT2D eigenvalue weighted by molar-refractivity contribution is -0.142. The molecule has 98 valence electrons. The van der Waals surface area contributed by atoms with Gasteiger partial charge in [0, 0.05) is 13.6 Å². The second-order valence-electron chi connectivity index (χ2n) is 4.67. The minimum absolute atomic E-state index is 0.0531. The van der Waals surface area contributed by atoms with Gasteiger partial charge in [-0.2, -0.15) is 0 Å². The van der Waals surface area contributed by atoms with E-state index < -0.39 is 5.97 Å². The topological polar surface area (TPSA) is 69.6 Å². The second kappa shape index (κ2) is 6.59. The van der Waals surface area contributed by atoms with Crippen molar-refractivity contribution in [3.05, 3.63) is 0 Å². The summed E-state index contributed by atoms with van der Waals surface area (Å²) in [6.45, 7) is 3.55. The number of amides is 1. The van der Waals surface area contributed by atoms with Crippen molar-refractivity contribution in [2.45, 2.75) is 26.2 Å². The van der Waals surface area contributed by atoms with Gasteiger partial charge in [0.15, 0.2) is 0 Å². The SMILES string of the molecule is CCN(C)C(=O)CNCC1CCCC1C(=O)O. The van der Waals surface area contributed by atoms with Gasteiger partial charge in [0.05, 0.1) is 12.5 Å². The summed E-state index contributed by atoms with van der Waals surface area (Å²) in [5, 5.41) is 12.1. The average molecular weight is 242 g/mol. The zero-order valence-electron chi connectivity index (χ0n) is 10.6. The van der Waals surface area contributed by atoms with E-state index in [0.29, 0.717) is 19.6 Å². The largest absolute Gasteiger partial charge is 0.481 e. The van der Waals surface area contributed by atoms with Crippen LogP contribution in [0, 0.1) is 11.8 Å². The van der Waals surface area contributed by atoms with Gasteiger partial charge in [0.1, 0.15) is 0 Å². The quantitative estimate of drug-likeness (QED) is 0.714. The average Bonchev–Trinajstić information content (AvgIpc) is 2.76.